The number of sulfonamides is 1. The molecule has 0 aliphatic rings. The first kappa shape index (κ1) is 19.6. The number of nitrogens with one attached hydrogen (secondary N) is 1. The van der Waals surface area contributed by atoms with Gasteiger partial charge in [-0.15, -0.1) is 0 Å². The highest BCUT2D eigenvalue weighted by molar-refractivity contribution is 9.10. The fourth-order valence-electron chi connectivity index (χ4n) is 2.77. The van der Waals surface area contributed by atoms with Crippen LogP contribution in [0.2, 0.25) is 0 Å². The molecule has 0 saturated heterocycles. The van der Waals surface area contributed by atoms with Crippen LogP contribution in [-0.4, -0.2) is 39.5 Å². The Kier molecular flexibility index (Phi) is 5.69. The molecule has 0 saturated carbocycles. The zero-order valence-corrected chi connectivity index (χ0v) is 17.6. The summed E-state index contributed by atoms with van der Waals surface area (Å²) in [5, 5.41) is 0.871. The molecule has 1 aromatic heterocycles. The van der Waals surface area contributed by atoms with Crippen LogP contribution in [0, 0.1) is 0 Å². The van der Waals surface area contributed by atoms with Crippen LogP contribution in [0.3, 0.4) is 0 Å². The van der Waals surface area contributed by atoms with Crippen LogP contribution in [0.5, 0.6) is 5.75 Å². The van der Waals surface area contributed by atoms with E-state index in [2.05, 4.69) is 30.5 Å². The van der Waals surface area contributed by atoms with E-state index in [1.165, 1.54) is 19.4 Å². The summed E-state index contributed by atoms with van der Waals surface area (Å²) in [6.07, 6.45) is 1.51. The van der Waals surface area contributed by atoms with Gasteiger partial charge in [0.2, 0.25) is 0 Å². The summed E-state index contributed by atoms with van der Waals surface area (Å²) in [7, 11) is 1.60. The first-order valence-electron chi connectivity index (χ1n) is 8.18. The molecule has 0 amide bonds. The molecule has 0 radical (unpaired) electrons. The van der Waals surface area contributed by atoms with E-state index in [0.717, 1.165) is 23.0 Å². The van der Waals surface area contributed by atoms with Gasteiger partial charge in [-0.3, -0.25) is 9.71 Å². The molecule has 0 fully saturated rings. The topological polar surface area (TPSA) is 71.5 Å². The van der Waals surface area contributed by atoms with Gasteiger partial charge in [-0.25, -0.2) is 8.42 Å². The molecule has 0 aliphatic carbocycles. The Bertz CT molecular complexity index is 1080. The Labute approximate surface area is 167 Å². The SMILES string of the molecule is COc1ccc(Br)cc1S(=O)(=O)Nc1cnc2ccc(CN(C)C)cc2c1. The number of ether oxygens (including phenoxy) is 1. The number of benzene rings is 2. The summed E-state index contributed by atoms with van der Waals surface area (Å²) in [6, 6.07) is 12.6. The van der Waals surface area contributed by atoms with Gasteiger partial charge in [-0.2, -0.15) is 0 Å². The van der Waals surface area contributed by atoms with Crippen molar-refractivity contribution in [2.75, 3.05) is 25.9 Å². The van der Waals surface area contributed by atoms with Gasteiger partial charge in [0.1, 0.15) is 10.6 Å². The zero-order chi connectivity index (χ0) is 19.6. The quantitative estimate of drug-likeness (QED) is 0.618. The first-order chi connectivity index (χ1) is 12.8. The zero-order valence-electron chi connectivity index (χ0n) is 15.2. The van der Waals surface area contributed by atoms with Crippen LogP contribution in [0.1, 0.15) is 5.56 Å². The highest BCUT2D eigenvalue weighted by Gasteiger charge is 2.20. The molecule has 3 rings (SSSR count). The number of pyridine rings is 1. The van der Waals surface area contributed by atoms with E-state index in [4.69, 9.17) is 4.74 Å². The second-order valence-corrected chi connectivity index (χ2v) is 8.96. The Morgan fingerprint density at radius 1 is 1.15 bits per heavy atom. The number of halogens is 1. The number of hydrogen-bond acceptors (Lipinski definition) is 5. The summed E-state index contributed by atoms with van der Waals surface area (Å²) in [6.45, 7) is 0.793. The molecule has 0 aliphatic heterocycles. The van der Waals surface area contributed by atoms with Gasteiger partial charge >= 0.3 is 0 Å². The summed E-state index contributed by atoms with van der Waals surface area (Å²) >= 11 is 3.30. The Morgan fingerprint density at radius 2 is 1.93 bits per heavy atom. The van der Waals surface area contributed by atoms with E-state index in [1.807, 2.05) is 32.3 Å². The predicted octanol–water partition coefficient (Wildman–Crippen LogP) is 3.87. The van der Waals surface area contributed by atoms with Crippen LogP contribution in [0.15, 0.2) is 58.0 Å². The second-order valence-electron chi connectivity index (χ2n) is 6.39. The normalized spacial score (nSPS) is 11.7. The van der Waals surface area contributed by atoms with E-state index in [9.17, 15) is 8.42 Å². The van der Waals surface area contributed by atoms with Gasteiger partial charge in [-0.05, 0) is 56.1 Å². The van der Waals surface area contributed by atoms with Crippen LogP contribution >= 0.6 is 15.9 Å². The van der Waals surface area contributed by atoms with Crippen LogP contribution in [-0.2, 0) is 16.6 Å². The average molecular weight is 450 g/mol. The second kappa shape index (κ2) is 7.84. The number of aromatic nitrogens is 1. The van der Waals surface area contributed by atoms with Crippen molar-refractivity contribution in [3.8, 4) is 5.75 Å². The largest absolute Gasteiger partial charge is 0.495 e. The molecule has 2 aromatic carbocycles. The lowest BCUT2D eigenvalue weighted by Crippen LogP contribution is -2.14. The third-order valence-electron chi connectivity index (χ3n) is 3.91. The molecule has 27 heavy (non-hydrogen) atoms. The standard InChI is InChI=1S/C19H20BrN3O3S/c1-23(2)12-13-4-6-17-14(8-13)9-16(11-21-17)22-27(24,25)19-10-15(20)5-7-18(19)26-3/h4-11,22H,12H2,1-3H3. The lowest BCUT2D eigenvalue weighted by molar-refractivity contribution is 0.402. The Balaban J connectivity index is 1.96. The van der Waals surface area contributed by atoms with Gasteiger partial charge in [-0.1, -0.05) is 22.0 Å². The fourth-order valence-corrected chi connectivity index (χ4v) is 4.51. The fraction of sp³-hybridized carbons (Fsp3) is 0.211. The van der Waals surface area contributed by atoms with Crippen molar-refractivity contribution < 1.29 is 13.2 Å². The first-order valence-corrected chi connectivity index (χ1v) is 10.5. The number of hydrogen-bond donors (Lipinski definition) is 1. The van der Waals surface area contributed by atoms with Crippen molar-refractivity contribution in [2.24, 2.45) is 0 Å². The van der Waals surface area contributed by atoms with Gasteiger partial charge in [0.15, 0.2) is 0 Å². The van der Waals surface area contributed by atoms with Gasteiger partial charge in [0, 0.05) is 16.4 Å². The van der Waals surface area contributed by atoms with Gasteiger partial charge in [0.25, 0.3) is 10.0 Å². The predicted molar refractivity (Wildman–Crippen MR) is 111 cm³/mol. The third-order valence-corrected chi connectivity index (χ3v) is 5.81. The maximum absolute atomic E-state index is 12.8. The molecule has 6 nitrogen and oxygen atoms in total. The molecular weight excluding hydrogens is 430 g/mol. The van der Waals surface area contributed by atoms with Crippen molar-refractivity contribution >= 4 is 42.5 Å². The van der Waals surface area contributed by atoms with Gasteiger partial charge < -0.3 is 9.64 Å². The molecule has 0 spiro atoms. The van der Waals surface area contributed by atoms with Gasteiger partial charge in [0.05, 0.1) is 24.5 Å². The van der Waals surface area contributed by atoms with Crippen LogP contribution in [0.25, 0.3) is 10.9 Å². The third kappa shape index (κ3) is 4.58. The molecule has 142 valence electrons. The molecule has 8 heteroatoms. The summed E-state index contributed by atoms with van der Waals surface area (Å²) < 4.78 is 34.1. The molecule has 0 unspecified atom stereocenters. The van der Waals surface area contributed by atoms with E-state index in [-0.39, 0.29) is 10.6 Å². The molecular formula is C19H20BrN3O3S. The van der Waals surface area contributed by atoms with Crippen molar-refractivity contribution in [3.05, 3.63) is 58.7 Å². The van der Waals surface area contributed by atoms with Crippen molar-refractivity contribution in [1.82, 2.24) is 9.88 Å². The van der Waals surface area contributed by atoms with Crippen LogP contribution < -0.4 is 9.46 Å². The summed E-state index contributed by atoms with van der Waals surface area (Å²) in [5.41, 5.74) is 2.33. The maximum atomic E-state index is 12.8. The monoisotopic (exact) mass is 449 g/mol. The highest BCUT2D eigenvalue weighted by Crippen LogP contribution is 2.29. The number of methoxy groups -OCH3 is 1. The van der Waals surface area contributed by atoms with E-state index in [1.54, 1.807) is 18.2 Å². The highest BCUT2D eigenvalue weighted by atomic mass is 79.9. The minimum absolute atomic E-state index is 0.0563. The van der Waals surface area contributed by atoms with Crippen molar-refractivity contribution in [1.29, 1.82) is 0 Å². The Hall–Kier alpha value is -2.16. The Morgan fingerprint density at radius 3 is 2.63 bits per heavy atom. The lowest BCUT2D eigenvalue weighted by atomic mass is 10.1. The molecule has 0 atom stereocenters. The maximum Gasteiger partial charge on any atom is 0.265 e. The lowest BCUT2D eigenvalue weighted by Gasteiger charge is -2.13. The number of anilines is 1. The minimum Gasteiger partial charge on any atom is -0.495 e. The van der Waals surface area contributed by atoms with E-state index >= 15 is 0 Å². The summed E-state index contributed by atoms with van der Waals surface area (Å²) in [5.74, 6) is 0.271. The minimum atomic E-state index is -3.83. The molecule has 1 N–H and O–H groups in total. The smallest absolute Gasteiger partial charge is 0.265 e. The van der Waals surface area contributed by atoms with Crippen LogP contribution in [0.4, 0.5) is 5.69 Å². The number of nitrogens with zero attached hydrogens (tertiary/aromatic N) is 2. The molecule has 1 heterocycles. The van der Waals surface area contributed by atoms with E-state index in [0.29, 0.717) is 10.2 Å². The molecule has 0 bridgehead atoms. The number of rotatable bonds is 6. The van der Waals surface area contributed by atoms with Crippen molar-refractivity contribution in [2.45, 2.75) is 11.4 Å². The summed E-state index contributed by atoms with van der Waals surface area (Å²) in [4.78, 5) is 6.48. The molecule has 3 aromatic rings. The average Bonchev–Trinajstić information content (AvgIpc) is 2.60. The van der Waals surface area contributed by atoms with Crippen molar-refractivity contribution in [3.63, 3.8) is 0 Å². The van der Waals surface area contributed by atoms with E-state index < -0.39 is 10.0 Å². The number of fused-ring (bicyclic) bond motifs is 1.